The maximum Gasteiger partial charge on any atom is 0.220 e. The van der Waals surface area contributed by atoms with Gasteiger partial charge in [-0.3, -0.25) is 4.79 Å². The Morgan fingerprint density at radius 2 is 2.12 bits per heavy atom. The number of carbonyl (C=O) groups is 1. The van der Waals surface area contributed by atoms with Crippen LogP contribution in [-0.2, 0) is 16.1 Å². The summed E-state index contributed by atoms with van der Waals surface area (Å²) in [6.45, 7) is 2.61. The molecular weight excluding hydrogens is 302 g/mol. The molecule has 128 valence electrons. The van der Waals surface area contributed by atoms with Crippen LogP contribution in [0.5, 0.6) is 0 Å². The maximum absolute atomic E-state index is 12.2. The second kappa shape index (κ2) is 6.55. The van der Waals surface area contributed by atoms with Crippen molar-refractivity contribution in [3.8, 4) is 0 Å². The minimum atomic E-state index is 0.0903. The van der Waals surface area contributed by atoms with E-state index in [0.29, 0.717) is 25.1 Å². The van der Waals surface area contributed by atoms with Gasteiger partial charge in [0, 0.05) is 12.5 Å². The highest BCUT2D eigenvalue weighted by atomic mass is 16.5. The molecule has 1 aliphatic carbocycles. The number of imidazole rings is 1. The van der Waals surface area contributed by atoms with E-state index in [1.807, 2.05) is 18.2 Å². The van der Waals surface area contributed by atoms with Crippen LogP contribution in [-0.4, -0.2) is 27.7 Å². The summed E-state index contributed by atoms with van der Waals surface area (Å²) in [5.41, 5.74) is 2.19. The number of ether oxygens (including phenoxy) is 1. The van der Waals surface area contributed by atoms with Crippen molar-refractivity contribution >= 4 is 16.9 Å². The van der Waals surface area contributed by atoms with Crippen LogP contribution in [0.25, 0.3) is 11.0 Å². The Balaban J connectivity index is 1.36. The standard InChI is InChI=1S/C19H25N3O2/c1-13-6-9-15(24-13)10-11-19(23)20-12-18-21-16-4-2-3-5-17(16)22(18)14-7-8-14/h2-5,13-15H,6-12H2,1H3,(H,20,23)/t13-,15+/m0/s1. The smallest absolute Gasteiger partial charge is 0.220 e. The van der Waals surface area contributed by atoms with Gasteiger partial charge in [-0.15, -0.1) is 0 Å². The molecule has 5 nitrogen and oxygen atoms in total. The average Bonchev–Trinajstić information content (AvgIpc) is 3.22. The summed E-state index contributed by atoms with van der Waals surface area (Å²) in [6, 6.07) is 8.77. The molecule has 1 aliphatic heterocycles. The van der Waals surface area contributed by atoms with Crippen LogP contribution in [0, 0.1) is 0 Å². The Kier molecular flexibility index (Phi) is 4.27. The summed E-state index contributed by atoms with van der Waals surface area (Å²) in [7, 11) is 0. The third-order valence-electron chi connectivity index (χ3n) is 5.04. The molecule has 1 aromatic heterocycles. The van der Waals surface area contributed by atoms with E-state index in [-0.39, 0.29) is 12.0 Å². The minimum absolute atomic E-state index is 0.0903. The fraction of sp³-hybridized carbons (Fsp3) is 0.579. The van der Waals surface area contributed by atoms with E-state index in [2.05, 4.69) is 22.9 Å². The zero-order valence-corrected chi connectivity index (χ0v) is 14.2. The van der Waals surface area contributed by atoms with Gasteiger partial charge < -0.3 is 14.6 Å². The molecule has 2 aromatic rings. The molecule has 1 saturated heterocycles. The summed E-state index contributed by atoms with van der Waals surface area (Å²) < 4.78 is 8.08. The van der Waals surface area contributed by atoms with Crippen molar-refractivity contribution in [2.45, 2.75) is 70.2 Å². The number of hydrogen-bond acceptors (Lipinski definition) is 3. The van der Waals surface area contributed by atoms with Crippen molar-refractivity contribution < 1.29 is 9.53 Å². The zero-order valence-electron chi connectivity index (χ0n) is 14.2. The highest BCUT2D eigenvalue weighted by Gasteiger charge is 2.28. The summed E-state index contributed by atoms with van der Waals surface area (Å²) >= 11 is 0. The highest BCUT2D eigenvalue weighted by molar-refractivity contribution is 5.77. The van der Waals surface area contributed by atoms with Crippen LogP contribution < -0.4 is 5.32 Å². The van der Waals surface area contributed by atoms with Gasteiger partial charge in [0.05, 0.1) is 29.8 Å². The van der Waals surface area contributed by atoms with Crippen LogP contribution in [0.2, 0.25) is 0 Å². The van der Waals surface area contributed by atoms with Gasteiger partial charge in [-0.1, -0.05) is 12.1 Å². The molecule has 2 fully saturated rings. The van der Waals surface area contributed by atoms with E-state index in [1.165, 1.54) is 18.4 Å². The first-order chi connectivity index (χ1) is 11.7. The van der Waals surface area contributed by atoms with Gasteiger partial charge in [0.25, 0.3) is 0 Å². The van der Waals surface area contributed by atoms with E-state index >= 15 is 0 Å². The zero-order chi connectivity index (χ0) is 16.5. The minimum Gasteiger partial charge on any atom is -0.375 e. The Bertz CT molecular complexity index is 735. The molecule has 1 amide bonds. The van der Waals surface area contributed by atoms with Crippen molar-refractivity contribution in [2.24, 2.45) is 0 Å². The number of hydrogen-bond donors (Lipinski definition) is 1. The molecule has 1 aromatic carbocycles. The first-order valence-corrected chi connectivity index (χ1v) is 9.08. The molecule has 0 spiro atoms. The third kappa shape index (κ3) is 3.31. The summed E-state index contributed by atoms with van der Waals surface area (Å²) in [6.07, 6.45) is 6.54. The van der Waals surface area contributed by atoms with Gasteiger partial charge in [-0.05, 0) is 51.2 Å². The second-order valence-electron chi connectivity index (χ2n) is 7.08. The monoisotopic (exact) mass is 327 g/mol. The normalized spacial score (nSPS) is 23.7. The predicted octanol–water partition coefficient (Wildman–Crippen LogP) is 3.34. The number of amides is 1. The van der Waals surface area contributed by atoms with Crippen LogP contribution >= 0.6 is 0 Å². The topological polar surface area (TPSA) is 56.2 Å². The van der Waals surface area contributed by atoms with Crippen molar-refractivity contribution in [1.29, 1.82) is 0 Å². The largest absolute Gasteiger partial charge is 0.375 e. The third-order valence-corrected chi connectivity index (χ3v) is 5.04. The number of rotatable bonds is 6. The fourth-order valence-corrected chi connectivity index (χ4v) is 3.61. The highest BCUT2D eigenvalue weighted by Crippen LogP contribution is 2.38. The van der Waals surface area contributed by atoms with E-state index < -0.39 is 0 Å². The lowest BCUT2D eigenvalue weighted by molar-refractivity contribution is -0.122. The lowest BCUT2D eigenvalue weighted by Gasteiger charge is -2.11. The molecule has 24 heavy (non-hydrogen) atoms. The molecule has 2 aliphatic rings. The number of para-hydroxylation sites is 2. The van der Waals surface area contributed by atoms with Crippen LogP contribution in [0.3, 0.4) is 0 Å². The van der Waals surface area contributed by atoms with Crippen LogP contribution in [0.15, 0.2) is 24.3 Å². The molecule has 1 saturated carbocycles. The lowest BCUT2D eigenvalue weighted by Crippen LogP contribution is -2.25. The second-order valence-corrected chi connectivity index (χ2v) is 7.08. The Morgan fingerprint density at radius 3 is 2.88 bits per heavy atom. The van der Waals surface area contributed by atoms with Gasteiger partial charge in [0.15, 0.2) is 0 Å². The molecule has 5 heteroatoms. The molecular formula is C19H25N3O2. The maximum atomic E-state index is 12.2. The quantitative estimate of drug-likeness (QED) is 0.885. The average molecular weight is 327 g/mol. The van der Waals surface area contributed by atoms with Gasteiger partial charge in [-0.25, -0.2) is 4.98 Å². The number of fused-ring (bicyclic) bond motifs is 1. The molecule has 1 N–H and O–H groups in total. The number of nitrogens with zero attached hydrogens (tertiary/aromatic N) is 2. The Morgan fingerprint density at radius 1 is 1.29 bits per heavy atom. The molecule has 2 atom stereocenters. The number of benzene rings is 1. The van der Waals surface area contributed by atoms with Gasteiger partial charge in [0.2, 0.25) is 5.91 Å². The van der Waals surface area contributed by atoms with Crippen molar-refractivity contribution in [2.75, 3.05) is 0 Å². The van der Waals surface area contributed by atoms with Crippen LogP contribution in [0.4, 0.5) is 0 Å². The predicted molar refractivity (Wildman–Crippen MR) is 92.7 cm³/mol. The molecule has 0 unspecified atom stereocenters. The fourth-order valence-electron chi connectivity index (χ4n) is 3.61. The van der Waals surface area contributed by atoms with Crippen molar-refractivity contribution in [3.63, 3.8) is 0 Å². The molecule has 0 radical (unpaired) electrons. The molecule has 0 bridgehead atoms. The lowest BCUT2D eigenvalue weighted by atomic mass is 10.1. The van der Waals surface area contributed by atoms with E-state index in [1.54, 1.807) is 0 Å². The SMILES string of the molecule is C[C@H]1CC[C@H](CCC(=O)NCc2nc3ccccc3n2C2CC2)O1. The number of nitrogens with one attached hydrogen (secondary N) is 1. The molecule has 2 heterocycles. The first kappa shape index (κ1) is 15.6. The van der Waals surface area contributed by atoms with Crippen molar-refractivity contribution in [1.82, 2.24) is 14.9 Å². The number of aromatic nitrogens is 2. The summed E-state index contributed by atoms with van der Waals surface area (Å²) in [5, 5.41) is 3.04. The Labute approximate surface area is 142 Å². The summed E-state index contributed by atoms with van der Waals surface area (Å²) in [4.78, 5) is 16.9. The van der Waals surface area contributed by atoms with Gasteiger partial charge in [-0.2, -0.15) is 0 Å². The molecule has 4 rings (SSSR count). The van der Waals surface area contributed by atoms with E-state index in [9.17, 15) is 4.79 Å². The van der Waals surface area contributed by atoms with Crippen LogP contribution in [0.1, 0.15) is 57.3 Å². The summed E-state index contributed by atoms with van der Waals surface area (Å²) in [5.74, 6) is 1.06. The van der Waals surface area contributed by atoms with E-state index in [0.717, 1.165) is 30.6 Å². The number of carbonyl (C=O) groups excluding carboxylic acids is 1. The van der Waals surface area contributed by atoms with Gasteiger partial charge >= 0.3 is 0 Å². The van der Waals surface area contributed by atoms with Gasteiger partial charge in [0.1, 0.15) is 5.82 Å². The Hall–Kier alpha value is -1.88. The first-order valence-electron chi connectivity index (χ1n) is 9.08. The van der Waals surface area contributed by atoms with Crippen molar-refractivity contribution in [3.05, 3.63) is 30.1 Å². The van der Waals surface area contributed by atoms with E-state index in [4.69, 9.17) is 9.72 Å².